The Kier molecular flexibility index (Phi) is 4.33. The number of nitrogens with one attached hydrogen (secondary N) is 1. The lowest BCUT2D eigenvalue weighted by molar-refractivity contribution is 0.102. The fourth-order valence-electron chi connectivity index (χ4n) is 1.91. The lowest BCUT2D eigenvalue weighted by atomic mass is 10.1. The fourth-order valence-corrected chi connectivity index (χ4v) is 2.07. The van der Waals surface area contributed by atoms with Gasteiger partial charge in [0.1, 0.15) is 5.82 Å². The molecule has 3 N–H and O–H groups in total. The minimum atomic E-state index is -0.477. The Bertz CT molecular complexity index is 689. The number of amides is 1. The maximum atomic E-state index is 13.2. The number of carbonyl (C=O) groups excluding carboxylic acids is 1. The lowest BCUT2D eigenvalue weighted by Gasteiger charge is -2.18. The van der Waals surface area contributed by atoms with Gasteiger partial charge in [0.2, 0.25) is 0 Å². The SMILES string of the molecule is CN(C)c1ccc(N)cc1C(=O)Nc1cc(F)ccc1Cl. The van der Waals surface area contributed by atoms with Crippen LogP contribution in [-0.4, -0.2) is 20.0 Å². The first-order valence-corrected chi connectivity index (χ1v) is 6.59. The average Bonchev–Trinajstić information content (AvgIpc) is 2.42. The first-order chi connectivity index (χ1) is 9.88. The average molecular weight is 308 g/mol. The summed E-state index contributed by atoms with van der Waals surface area (Å²) in [7, 11) is 3.63. The number of hydrogen-bond donors (Lipinski definition) is 2. The molecule has 2 aromatic carbocycles. The molecule has 0 spiro atoms. The summed E-state index contributed by atoms with van der Waals surface area (Å²) in [6.45, 7) is 0. The Hall–Kier alpha value is -2.27. The van der Waals surface area contributed by atoms with Crippen molar-refractivity contribution in [2.24, 2.45) is 0 Å². The smallest absolute Gasteiger partial charge is 0.257 e. The third-order valence-electron chi connectivity index (χ3n) is 2.92. The van der Waals surface area contributed by atoms with Crippen LogP contribution in [0.25, 0.3) is 0 Å². The van der Waals surface area contributed by atoms with Crippen LogP contribution in [0.15, 0.2) is 36.4 Å². The van der Waals surface area contributed by atoms with Crippen molar-refractivity contribution in [3.8, 4) is 0 Å². The molecule has 2 aromatic rings. The van der Waals surface area contributed by atoms with Crippen molar-refractivity contribution in [2.45, 2.75) is 0 Å². The number of nitrogen functional groups attached to an aromatic ring is 1. The highest BCUT2D eigenvalue weighted by atomic mass is 35.5. The van der Waals surface area contributed by atoms with Gasteiger partial charge in [-0.1, -0.05) is 11.6 Å². The molecule has 0 saturated heterocycles. The van der Waals surface area contributed by atoms with Crippen LogP contribution in [-0.2, 0) is 0 Å². The van der Waals surface area contributed by atoms with E-state index in [-0.39, 0.29) is 10.7 Å². The van der Waals surface area contributed by atoms with Gasteiger partial charge >= 0.3 is 0 Å². The van der Waals surface area contributed by atoms with Gasteiger partial charge in [-0.3, -0.25) is 4.79 Å². The van der Waals surface area contributed by atoms with Gasteiger partial charge in [-0.15, -0.1) is 0 Å². The normalized spacial score (nSPS) is 10.3. The number of rotatable bonds is 3. The Morgan fingerprint density at radius 1 is 1.24 bits per heavy atom. The van der Waals surface area contributed by atoms with Crippen molar-refractivity contribution in [1.82, 2.24) is 0 Å². The molecule has 0 bridgehead atoms. The molecule has 6 heteroatoms. The second kappa shape index (κ2) is 6.01. The molecule has 0 aliphatic heterocycles. The predicted octanol–water partition coefficient (Wildman–Crippen LogP) is 3.38. The highest BCUT2D eigenvalue weighted by Gasteiger charge is 2.15. The largest absolute Gasteiger partial charge is 0.399 e. The maximum Gasteiger partial charge on any atom is 0.257 e. The van der Waals surface area contributed by atoms with Crippen LogP contribution >= 0.6 is 11.6 Å². The van der Waals surface area contributed by atoms with Gasteiger partial charge in [0.05, 0.1) is 16.3 Å². The van der Waals surface area contributed by atoms with Crippen LogP contribution in [0.4, 0.5) is 21.5 Å². The van der Waals surface area contributed by atoms with Gasteiger partial charge in [0, 0.05) is 25.5 Å². The molecule has 0 heterocycles. The van der Waals surface area contributed by atoms with E-state index in [0.29, 0.717) is 16.9 Å². The number of anilines is 3. The van der Waals surface area contributed by atoms with Crippen LogP contribution in [0.5, 0.6) is 0 Å². The Morgan fingerprint density at radius 3 is 2.62 bits per heavy atom. The number of nitrogens with zero attached hydrogens (tertiary/aromatic N) is 1. The number of benzene rings is 2. The van der Waals surface area contributed by atoms with Crippen molar-refractivity contribution in [3.63, 3.8) is 0 Å². The first-order valence-electron chi connectivity index (χ1n) is 6.21. The third kappa shape index (κ3) is 3.44. The molecule has 4 nitrogen and oxygen atoms in total. The monoisotopic (exact) mass is 307 g/mol. The molecule has 0 aliphatic carbocycles. The third-order valence-corrected chi connectivity index (χ3v) is 3.25. The molecular formula is C15H15ClFN3O. The van der Waals surface area contributed by atoms with E-state index < -0.39 is 11.7 Å². The van der Waals surface area contributed by atoms with Crippen molar-refractivity contribution in [3.05, 3.63) is 52.8 Å². The van der Waals surface area contributed by atoms with E-state index in [4.69, 9.17) is 17.3 Å². The summed E-state index contributed by atoms with van der Waals surface area (Å²) in [5.74, 6) is -0.881. The van der Waals surface area contributed by atoms with E-state index >= 15 is 0 Å². The molecule has 2 rings (SSSR count). The highest BCUT2D eigenvalue weighted by molar-refractivity contribution is 6.34. The predicted molar refractivity (Wildman–Crippen MR) is 84.5 cm³/mol. The van der Waals surface area contributed by atoms with Crippen LogP contribution in [0.1, 0.15) is 10.4 Å². The molecule has 0 fully saturated rings. The second-order valence-corrected chi connectivity index (χ2v) is 5.16. The number of carbonyl (C=O) groups is 1. The summed E-state index contributed by atoms with van der Waals surface area (Å²) >= 11 is 5.94. The Balaban J connectivity index is 2.36. The van der Waals surface area contributed by atoms with Gasteiger partial charge in [0.15, 0.2) is 0 Å². The number of nitrogens with two attached hydrogens (primary N) is 1. The zero-order valence-electron chi connectivity index (χ0n) is 11.7. The summed E-state index contributed by atoms with van der Waals surface area (Å²) in [6.07, 6.45) is 0. The standard InChI is InChI=1S/C15H15ClFN3O/c1-20(2)14-6-4-10(18)8-11(14)15(21)19-13-7-9(17)3-5-12(13)16/h3-8H,18H2,1-2H3,(H,19,21). The molecular weight excluding hydrogens is 293 g/mol. The van der Waals surface area contributed by atoms with Gasteiger partial charge in [-0.05, 0) is 36.4 Å². The summed E-state index contributed by atoms with van der Waals surface area (Å²) in [5, 5.41) is 2.86. The topological polar surface area (TPSA) is 58.4 Å². The highest BCUT2D eigenvalue weighted by Crippen LogP contribution is 2.26. The Labute approximate surface area is 127 Å². The molecule has 0 aliphatic rings. The van der Waals surface area contributed by atoms with Gasteiger partial charge < -0.3 is 16.0 Å². The number of halogens is 2. The lowest BCUT2D eigenvalue weighted by Crippen LogP contribution is -2.19. The van der Waals surface area contributed by atoms with Crippen LogP contribution in [0.2, 0.25) is 5.02 Å². The van der Waals surface area contributed by atoms with Crippen molar-refractivity contribution in [2.75, 3.05) is 30.0 Å². The second-order valence-electron chi connectivity index (χ2n) is 4.75. The summed E-state index contributed by atoms with van der Waals surface area (Å²) in [6, 6.07) is 8.81. The Morgan fingerprint density at radius 2 is 1.95 bits per heavy atom. The van der Waals surface area contributed by atoms with E-state index in [1.54, 1.807) is 23.1 Å². The van der Waals surface area contributed by atoms with E-state index in [9.17, 15) is 9.18 Å². The zero-order chi connectivity index (χ0) is 15.6. The summed E-state index contributed by atoms with van der Waals surface area (Å²) in [4.78, 5) is 14.2. The quantitative estimate of drug-likeness (QED) is 0.855. The summed E-state index contributed by atoms with van der Waals surface area (Å²) in [5.41, 5.74) is 7.51. The van der Waals surface area contributed by atoms with Crippen molar-refractivity contribution >= 4 is 34.6 Å². The minimum Gasteiger partial charge on any atom is -0.399 e. The molecule has 0 unspecified atom stereocenters. The van der Waals surface area contributed by atoms with Gasteiger partial charge in [-0.2, -0.15) is 0 Å². The summed E-state index contributed by atoms with van der Waals surface area (Å²) < 4.78 is 13.2. The van der Waals surface area contributed by atoms with Crippen molar-refractivity contribution < 1.29 is 9.18 Å². The molecule has 0 radical (unpaired) electrons. The van der Waals surface area contributed by atoms with E-state index in [1.807, 2.05) is 14.1 Å². The van der Waals surface area contributed by atoms with Gasteiger partial charge in [0.25, 0.3) is 5.91 Å². The van der Waals surface area contributed by atoms with E-state index in [1.165, 1.54) is 18.2 Å². The fraction of sp³-hybridized carbons (Fsp3) is 0.133. The van der Waals surface area contributed by atoms with Crippen molar-refractivity contribution in [1.29, 1.82) is 0 Å². The van der Waals surface area contributed by atoms with Crippen LogP contribution < -0.4 is 16.0 Å². The minimum absolute atomic E-state index is 0.216. The molecule has 0 aromatic heterocycles. The number of hydrogen-bond acceptors (Lipinski definition) is 3. The zero-order valence-corrected chi connectivity index (χ0v) is 12.4. The maximum absolute atomic E-state index is 13.2. The molecule has 0 saturated carbocycles. The van der Waals surface area contributed by atoms with E-state index in [2.05, 4.69) is 5.32 Å². The molecule has 1 amide bonds. The van der Waals surface area contributed by atoms with Crippen LogP contribution in [0, 0.1) is 5.82 Å². The first kappa shape index (κ1) is 15.1. The van der Waals surface area contributed by atoms with Gasteiger partial charge in [-0.25, -0.2) is 4.39 Å². The molecule has 110 valence electrons. The van der Waals surface area contributed by atoms with Crippen LogP contribution in [0.3, 0.4) is 0 Å². The molecule has 0 atom stereocenters. The molecule has 21 heavy (non-hydrogen) atoms. The van der Waals surface area contributed by atoms with E-state index in [0.717, 1.165) is 0 Å².